The first-order chi connectivity index (χ1) is 9.61. The van der Waals surface area contributed by atoms with E-state index in [2.05, 4.69) is 30.7 Å². The molecule has 0 aliphatic heterocycles. The quantitative estimate of drug-likeness (QED) is 0.853. The second-order valence-electron chi connectivity index (χ2n) is 6.50. The summed E-state index contributed by atoms with van der Waals surface area (Å²) in [6.45, 7) is 11.9. The standard InChI is InChI=1S/C17H21ClN2O/c1-9-10(2)19-14(8-15(9)21)12-7-13(18)16(17(4,5)6)20-11(12)3/h7-8H,1-6H3,(H,19,21). The Morgan fingerprint density at radius 1 is 1.14 bits per heavy atom. The third-order valence-electron chi connectivity index (χ3n) is 3.70. The number of H-pyrrole nitrogens is 1. The fourth-order valence-corrected chi connectivity index (χ4v) is 2.72. The van der Waals surface area contributed by atoms with Crippen molar-refractivity contribution in [2.24, 2.45) is 0 Å². The van der Waals surface area contributed by atoms with E-state index in [-0.39, 0.29) is 10.8 Å². The molecule has 112 valence electrons. The van der Waals surface area contributed by atoms with E-state index in [1.165, 1.54) is 0 Å². The molecule has 21 heavy (non-hydrogen) atoms. The second-order valence-corrected chi connectivity index (χ2v) is 6.91. The Morgan fingerprint density at radius 2 is 1.76 bits per heavy atom. The predicted octanol–water partition coefficient (Wildman–Crippen LogP) is 4.31. The number of halogens is 1. The predicted molar refractivity (Wildman–Crippen MR) is 88.2 cm³/mol. The summed E-state index contributed by atoms with van der Waals surface area (Å²) in [5.74, 6) is 0. The first kappa shape index (κ1) is 15.8. The zero-order chi connectivity index (χ0) is 15.9. The molecule has 0 radical (unpaired) electrons. The summed E-state index contributed by atoms with van der Waals surface area (Å²) in [5, 5.41) is 0.627. The summed E-state index contributed by atoms with van der Waals surface area (Å²) < 4.78 is 0. The Bertz CT molecular complexity index is 755. The number of nitrogens with one attached hydrogen (secondary N) is 1. The van der Waals surface area contributed by atoms with Crippen molar-refractivity contribution in [3.63, 3.8) is 0 Å². The lowest BCUT2D eigenvalue weighted by Gasteiger charge is -2.21. The van der Waals surface area contributed by atoms with E-state index in [4.69, 9.17) is 11.6 Å². The molecule has 0 aliphatic rings. The lowest BCUT2D eigenvalue weighted by molar-refractivity contribution is 0.567. The number of hydrogen-bond donors (Lipinski definition) is 1. The molecule has 2 aromatic heterocycles. The van der Waals surface area contributed by atoms with E-state index < -0.39 is 0 Å². The molecule has 2 rings (SSSR count). The largest absolute Gasteiger partial charge is 0.358 e. The van der Waals surface area contributed by atoms with Crippen LogP contribution in [0.2, 0.25) is 5.02 Å². The smallest absolute Gasteiger partial charge is 0.185 e. The molecule has 0 unspecified atom stereocenters. The summed E-state index contributed by atoms with van der Waals surface area (Å²) >= 11 is 6.39. The highest BCUT2D eigenvalue weighted by atomic mass is 35.5. The average molecular weight is 305 g/mol. The second kappa shape index (κ2) is 5.30. The maximum absolute atomic E-state index is 12.0. The van der Waals surface area contributed by atoms with E-state index >= 15 is 0 Å². The minimum absolute atomic E-state index is 0.0247. The van der Waals surface area contributed by atoms with Crippen LogP contribution in [0.5, 0.6) is 0 Å². The topological polar surface area (TPSA) is 45.8 Å². The maximum Gasteiger partial charge on any atom is 0.185 e. The molecule has 0 fully saturated rings. The van der Waals surface area contributed by atoms with E-state index in [9.17, 15) is 4.79 Å². The molecule has 0 aromatic carbocycles. The van der Waals surface area contributed by atoms with Crippen LogP contribution in [0.15, 0.2) is 16.9 Å². The molecule has 0 aliphatic carbocycles. The molecule has 0 bridgehead atoms. The van der Waals surface area contributed by atoms with E-state index in [1.807, 2.05) is 26.8 Å². The number of pyridine rings is 2. The van der Waals surface area contributed by atoms with Gasteiger partial charge in [0, 0.05) is 34.0 Å². The minimum Gasteiger partial charge on any atom is -0.358 e. The van der Waals surface area contributed by atoms with Gasteiger partial charge in [-0.1, -0.05) is 32.4 Å². The normalized spacial score (nSPS) is 11.8. The molecule has 1 N–H and O–H groups in total. The van der Waals surface area contributed by atoms with Crippen molar-refractivity contribution in [2.75, 3.05) is 0 Å². The fraction of sp³-hybridized carbons (Fsp3) is 0.412. The van der Waals surface area contributed by atoms with Crippen molar-refractivity contribution in [1.29, 1.82) is 0 Å². The lowest BCUT2D eigenvalue weighted by atomic mass is 9.90. The highest BCUT2D eigenvalue weighted by Crippen LogP contribution is 2.32. The van der Waals surface area contributed by atoms with Gasteiger partial charge in [-0.3, -0.25) is 9.78 Å². The molecule has 0 saturated heterocycles. The van der Waals surface area contributed by atoms with E-state index in [0.29, 0.717) is 5.02 Å². The molecule has 2 heterocycles. The minimum atomic E-state index is -0.114. The summed E-state index contributed by atoms with van der Waals surface area (Å²) in [7, 11) is 0. The van der Waals surface area contributed by atoms with Crippen molar-refractivity contribution in [3.8, 4) is 11.3 Å². The SMILES string of the molecule is Cc1nc(C(C)(C)C)c(Cl)cc1-c1cc(=O)c(C)c(C)[nH]1. The van der Waals surface area contributed by atoms with E-state index in [0.717, 1.165) is 33.9 Å². The first-order valence-corrected chi connectivity index (χ1v) is 7.37. The number of aryl methyl sites for hydroxylation is 2. The van der Waals surface area contributed by atoms with Crippen LogP contribution in [0.3, 0.4) is 0 Å². The van der Waals surface area contributed by atoms with Crippen LogP contribution in [0.4, 0.5) is 0 Å². The molecular formula is C17H21ClN2O. The summed E-state index contributed by atoms with van der Waals surface area (Å²) in [6, 6.07) is 3.50. The zero-order valence-corrected chi connectivity index (χ0v) is 14.1. The van der Waals surface area contributed by atoms with Crippen LogP contribution in [-0.2, 0) is 5.41 Å². The van der Waals surface area contributed by atoms with Gasteiger partial charge in [0.25, 0.3) is 0 Å². The zero-order valence-electron chi connectivity index (χ0n) is 13.4. The highest BCUT2D eigenvalue weighted by Gasteiger charge is 2.21. The Morgan fingerprint density at radius 3 is 2.29 bits per heavy atom. The first-order valence-electron chi connectivity index (χ1n) is 7.00. The van der Waals surface area contributed by atoms with Crippen molar-refractivity contribution in [3.05, 3.63) is 50.0 Å². The highest BCUT2D eigenvalue weighted by molar-refractivity contribution is 6.31. The molecule has 2 aromatic rings. The van der Waals surface area contributed by atoms with Gasteiger partial charge in [-0.2, -0.15) is 0 Å². The van der Waals surface area contributed by atoms with E-state index in [1.54, 1.807) is 6.07 Å². The number of nitrogens with zero attached hydrogens (tertiary/aromatic N) is 1. The van der Waals surface area contributed by atoms with Crippen LogP contribution < -0.4 is 5.43 Å². The van der Waals surface area contributed by atoms with Gasteiger partial charge < -0.3 is 4.98 Å². The summed E-state index contributed by atoms with van der Waals surface area (Å²) in [4.78, 5) is 19.9. The van der Waals surface area contributed by atoms with Gasteiger partial charge in [-0.15, -0.1) is 0 Å². The van der Waals surface area contributed by atoms with Gasteiger partial charge in [0.05, 0.1) is 16.4 Å². The van der Waals surface area contributed by atoms with Crippen molar-refractivity contribution < 1.29 is 0 Å². The van der Waals surface area contributed by atoms with Gasteiger partial charge in [-0.05, 0) is 26.8 Å². The molecule has 3 nitrogen and oxygen atoms in total. The van der Waals surface area contributed by atoms with Crippen LogP contribution in [0, 0.1) is 20.8 Å². The molecule has 0 amide bonds. The van der Waals surface area contributed by atoms with Crippen LogP contribution in [0.1, 0.15) is 43.4 Å². The van der Waals surface area contributed by atoms with Gasteiger partial charge in [0.2, 0.25) is 0 Å². The number of aromatic nitrogens is 2. The van der Waals surface area contributed by atoms with Gasteiger partial charge in [-0.25, -0.2) is 0 Å². The van der Waals surface area contributed by atoms with Crippen molar-refractivity contribution in [1.82, 2.24) is 9.97 Å². The maximum atomic E-state index is 12.0. The van der Waals surface area contributed by atoms with Crippen LogP contribution >= 0.6 is 11.6 Å². The monoisotopic (exact) mass is 304 g/mol. The Kier molecular flexibility index (Phi) is 3.98. The summed E-state index contributed by atoms with van der Waals surface area (Å²) in [6.07, 6.45) is 0. The molecule has 4 heteroatoms. The Labute approximate surface area is 130 Å². The fourth-order valence-electron chi connectivity index (χ4n) is 2.28. The number of aromatic amines is 1. The third-order valence-corrected chi connectivity index (χ3v) is 3.98. The third kappa shape index (κ3) is 3.03. The van der Waals surface area contributed by atoms with Crippen LogP contribution in [-0.4, -0.2) is 9.97 Å². The van der Waals surface area contributed by atoms with Crippen molar-refractivity contribution in [2.45, 2.75) is 47.0 Å². The summed E-state index contributed by atoms with van der Waals surface area (Å²) in [5.41, 5.74) is 4.88. The van der Waals surface area contributed by atoms with Gasteiger partial charge in [0.1, 0.15) is 0 Å². The Hall–Kier alpha value is -1.61. The van der Waals surface area contributed by atoms with Gasteiger partial charge in [0.15, 0.2) is 5.43 Å². The molecular weight excluding hydrogens is 284 g/mol. The van der Waals surface area contributed by atoms with Gasteiger partial charge >= 0.3 is 0 Å². The Balaban J connectivity index is 2.67. The molecule has 0 spiro atoms. The van der Waals surface area contributed by atoms with Crippen LogP contribution in [0.25, 0.3) is 11.3 Å². The molecule has 0 atom stereocenters. The molecule has 0 saturated carbocycles. The number of hydrogen-bond acceptors (Lipinski definition) is 2. The number of rotatable bonds is 1. The lowest BCUT2D eigenvalue weighted by Crippen LogP contribution is -2.16. The van der Waals surface area contributed by atoms with Crippen molar-refractivity contribution >= 4 is 11.6 Å². The average Bonchev–Trinajstić information content (AvgIpc) is 2.36.